The largest absolute Gasteiger partial charge is 0.454 e. The fraction of sp³-hybridized carbons (Fsp3) is 0.632. The molecule has 0 aromatic heterocycles. The number of guanidine groups is 1. The zero-order valence-corrected chi connectivity index (χ0v) is 19.0. The van der Waals surface area contributed by atoms with E-state index in [1.807, 2.05) is 18.2 Å². The van der Waals surface area contributed by atoms with E-state index in [-0.39, 0.29) is 42.4 Å². The fourth-order valence-electron chi connectivity index (χ4n) is 3.90. The Bertz CT molecular complexity index is 809. The number of aliphatic imine (C=N–C) groups is 1. The maximum atomic E-state index is 11.7. The van der Waals surface area contributed by atoms with Gasteiger partial charge in [0.25, 0.3) is 0 Å². The molecule has 0 radical (unpaired) electrons. The van der Waals surface area contributed by atoms with Gasteiger partial charge in [-0.1, -0.05) is 18.9 Å². The fourth-order valence-corrected chi connectivity index (χ4v) is 5.76. The number of halogens is 1. The van der Waals surface area contributed by atoms with Gasteiger partial charge in [-0.15, -0.1) is 24.0 Å². The Kier molecular flexibility index (Phi) is 7.30. The molecule has 1 aromatic rings. The van der Waals surface area contributed by atoms with Crippen LogP contribution in [0.3, 0.4) is 0 Å². The van der Waals surface area contributed by atoms with Gasteiger partial charge in [0, 0.05) is 12.6 Å². The van der Waals surface area contributed by atoms with Crippen molar-refractivity contribution in [3.8, 4) is 11.5 Å². The third-order valence-corrected chi connectivity index (χ3v) is 7.27. The van der Waals surface area contributed by atoms with Crippen molar-refractivity contribution in [1.82, 2.24) is 10.6 Å². The number of hydrogen-bond acceptors (Lipinski definition) is 5. The van der Waals surface area contributed by atoms with E-state index in [0.717, 1.165) is 42.3 Å². The molecule has 2 N–H and O–H groups in total. The van der Waals surface area contributed by atoms with Crippen molar-refractivity contribution < 1.29 is 17.9 Å². The van der Waals surface area contributed by atoms with Crippen molar-refractivity contribution >= 4 is 39.8 Å². The van der Waals surface area contributed by atoms with Crippen LogP contribution < -0.4 is 20.1 Å². The normalized spacial score (nSPS) is 23.4. The number of benzene rings is 1. The van der Waals surface area contributed by atoms with Crippen LogP contribution in [0.5, 0.6) is 11.5 Å². The second kappa shape index (κ2) is 9.51. The predicted octanol–water partition coefficient (Wildman–Crippen LogP) is 2.45. The standard InChI is InChI=1S/C19H27N3O4S.HI/c23-27(24)8-7-15(12-27)11-21-19(22-16-3-1-2-4-16)20-10-14-5-6-17-18(9-14)26-13-25-17;/h5-6,9,15-16H,1-4,7-8,10-13H2,(H2,20,21,22);1H. The average Bonchev–Trinajstić information content (AvgIpc) is 3.38. The molecule has 9 heteroatoms. The zero-order chi connectivity index (χ0) is 18.7. The minimum atomic E-state index is -2.85. The monoisotopic (exact) mass is 521 g/mol. The van der Waals surface area contributed by atoms with E-state index in [4.69, 9.17) is 14.5 Å². The molecule has 28 heavy (non-hydrogen) atoms. The van der Waals surface area contributed by atoms with Gasteiger partial charge < -0.3 is 20.1 Å². The highest BCUT2D eigenvalue weighted by Crippen LogP contribution is 2.32. The predicted molar refractivity (Wildman–Crippen MR) is 119 cm³/mol. The number of hydrogen-bond donors (Lipinski definition) is 2. The number of sulfone groups is 1. The van der Waals surface area contributed by atoms with Crippen molar-refractivity contribution in [3.05, 3.63) is 23.8 Å². The van der Waals surface area contributed by atoms with Gasteiger partial charge in [-0.25, -0.2) is 13.4 Å². The molecule has 0 spiro atoms. The molecule has 1 unspecified atom stereocenters. The van der Waals surface area contributed by atoms with E-state index in [2.05, 4.69) is 10.6 Å². The zero-order valence-electron chi connectivity index (χ0n) is 15.9. The maximum absolute atomic E-state index is 11.7. The van der Waals surface area contributed by atoms with E-state index in [9.17, 15) is 8.42 Å². The van der Waals surface area contributed by atoms with Crippen LogP contribution in [-0.4, -0.2) is 45.3 Å². The molecule has 7 nitrogen and oxygen atoms in total. The minimum absolute atomic E-state index is 0. The van der Waals surface area contributed by atoms with Crippen molar-refractivity contribution in [2.45, 2.75) is 44.7 Å². The molecule has 1 atom stereocenters. The van der Waals surface area contributed by atoms with Crippen molar-refractivity contribution in [3.63, 3.8) is 0 Å². The van der Waals surface area contributed by atoms with Crippen LogP contribution in [-0.2, 0) is 16.4 Å². The summed E-state index contributed by atoms with van der Waals surface area (Å²) in [5, 5.41) is 6.88. The molecular weight excluding hydrogens is 493 g/mol. The van der Waals surface area contributed by atoms with Crippen LogP contribution in [0.15, 0.2) is 23.2 Å². The van der Waals surface area contributed by atoms with Gasteiger partial charge in [0.05, 0.1) is 18.1 Å². The van der Waals surface area contributed by atoms with Crippen molar-refractivity contribution in [2.24, 2.45) is 10.9 Å². The van der Waals surface area contributed by atoms with Gasteiger partial charge >= 0.3 is 0 Å². The molecule has 4 rings (SSSR count). The van der Waals surface area contributed by atoms with Gasteiger partial charge in [-0.2, -0.15) is 0 Å². The first-order chi connectivity index (χ1) is 13.1. The van der Waals surface area contributed by atoms with Gasteiger partial charge in [-0.05, 0) is 42.9 Å². The summed E-state index contributed by atoms with van der Waals surface area (Å²) >= 11 is 0. The Morgan fingerprint density at radius 2 is 1.93 bits per heavy atom. The van der Waals surface area contributed by atoms with Crippen LogP contribution in [0.1, 0.15) is 37.7 Å². The molecule has 3 aliphatic rings. The van der Waals surface area contributed by atoms with Crippen LogP contribution in [0.2, 0.25) is 0 Å². The molecule has 156 valence electrons. The van der Waals surface area contributed by atoms with E-state index in [1.54, 1.807) is 0 Å². The third kappa shape index (κ3) is 5.65. The Morgan fingerprint density at radius 1 is 1.14 bits per heavy atom. The molecule has 0 bridgehead atoms. The van der Waals surface area contributed by atoms with Crippen LogP contribution >= 0.6 is 24.0 Å². The first-order valence-electron chi connectivity index (χ1n) is 9.71. The van der Waals surface area contributed by atoms with E-state index in [0.29, 0.717) is 24.9 Å². The molecule has 1 aromatic carbocycles. The highest BCUT2D eigenvalue weighted by Gasteiger charge is 2.28. The van der Waals surface area contributed by atoms with E-state index < -0.39 is 9.84 Å². The second-order valence-electron chi connectivity index (χ2n) is 7.63. The number of nitrogens with zero attached hydrogens (tertiary/aromatic N) is 1. The topological polar surface area (TPSA) is 89.0 Å². The third-order valence-electron chi connectivity index (χ3n) is 5.44. The smallest absolute Gasteiger partial charge is 0.231 e. The molecule has 2 aliphatic heterocycles. The van der Waals surface area contributed by atoms with Gasteiger partial charge in [0.1, 0.15) is 0 Å². The summed E-state index contributed by atoms with van der Waals surface area (Å²) in [5.74, 6) is 3.04. The Morgan fingerprint density at radius 3 is 2.68 bits per heavy atom. The first kappa shape index (κ1) is 21.5. The lowest BCUT2D eigenvalue weighted by molar-refractivity contribution is 0.174. The van der Waals surface area contributed by atoms with E-state index in [1.165, 1.54) is 12.8 Å². The summed E-state index contributed by atoms with van der Waals surface area (Å²) in [5.41, 5.74) is 1.05. The SMILES string of the molecule is I.O=S1(=O)CCC(CNC(=NCc2ccc3c(c2)OCO3)NC2CCCC2)C1. The number of fused-ring (bicyclic) bond motifs is 1. The molecule has 1 aliphatic carbocycles. The Hall–Kier alpha value is -1.23. The lowest BCUT2D eigenvalue weighted by Gasteiger charge is -2.19. The molecule has 2 fully saturated rings. The van der Waals surface area contributed by atoms with Crippen LogP contribution in [0, 0.1) is 5.92 Å². The second-order valence-corrected chi connectivity index (χ2v) is 9.86. The summed E-state index contributed by atoms with van der Waals surface area (Å²) in [6.07, 6.45) is 5.53. The summed E-state index contributed by atoms with van der Waals surface area (Å²) in [6.45, 7) is 1.43. The highest BCUT2D eigenvalue weighted by atomic mass is 127. The molecule has 1 saturated heterocycles. The lowest BCUT2D eigenvalue weighted by atomic mass is 10.1. The molecule has 0 amide bonds. The molecule has 1 saturated carbocycles. The van der Waals surface area contributed by atoms with Crippen LogP contribution in [0.25, 0.3) is 0 Å². The maximum Gasteiger partial charge on any atom is 0.231 e. The average molecular weight is 521 g/mol. The molecular formula is C19H28IN3O4S. The highest BCUT2D eigenvalue weighted by molar-refractivity contribution is 14.0. The number of ether oxygens (including phenoxy) is 2. The Balaban J connectivity index is 0.00000225. The number of rotatable bonds is 5. The number of nitrogens with one attached hydrogen (secondary N) is 2. The minimum Gasteiger partial charge on any atom is -0.454 e. The quantitative estimate of drug-likeness (QED) is 0.352. The first-order valence-corrected chi connectivity index (χ1v) is 11.5. The van der Waals surface area contributed by atoms with Crippen LogP contribution in [0.4, 0.5) is 0 Å². The summed E-state index contributed by atoms with van der Waals surface area (Å²) < 4.78 is 34.1. The Labute approximate surface area is 183 Å². The van der Waals surface area contributed by atoms with Crippen molar-refractivity contribution in [2.75, 3.05) is 24.8 Å². The summed E-state index contributed by atoms with van der Waals surface area (Å²) in [4.78, 5) is 4.73. The molecule has 2 heterocycles. The summed E-state index contributed by atoms with van der Waals surface area (Å²) in [6, 6.07) is 6.31. The van der Waals surface area contributed by atoms with Gasteiger partial charge in [-0.3, -0.25) is 0 Å². The van der Waals surface area contributed by atoms with Gasteiger partial charge in [0.2, 0.25) is 6.79 Å². The van der Waals surface area contributed by atoms with Crippen molar-refractivity contribution in [1.29, 1.82) is 0 Å². The lowest BCUT2D eigenvalue weighted by Crippen LogP contribution is -2.44. The van der Waals surface area contributed by atoms with E-state index >= 15 is 0 Å². The summed E-state index contributed by atoms with van der Waals surface area (Å²) in [7, 11) is -2.85. The van der Waals surface area contributed by atoms with Gasteiger partial charge in [0.15, 0.2) is 27.3 Å².